The number of nitrogens with one attached hydrogen (secondary N) is 1. The Labute approximate surface area is 306 Å². The molecule has 0 aliphatic carbocycles. The zero-order valence-electron chi connectivity index (χ0n) is 28.7. The molecule has 4 nitrogen and oxygen atoms in total. The summed E-state index contributed by atoms with van der Waals surface area (Å²) in [6.07, 6.45) is -0.299. The molecule has 0 fully saturated rings. The fourth-order valence-corrected chi connectivity index (χ4v) is 8.20. The molecule has 1 atom stereocenters. The van der Waals surface area contributed by atoms with Gasteiger partial charge in [0.25, 0.3) is 0 Å². The molecule has 1 unspecified atom stereocenters. The first-order chi connectivity index (χ1) is 26.2. The Morgan fingerprint density at radius 3 is 1.58 bits per heavy atom. The first-order valence-corrected chi connectivity index (χ1v) is 18.1. The summed E-state index contributed by atoms with van der Waals surface area (Å²) in [4.78, 5) is 10.4. The second-order valence-corrected chi connectivity index (χ2v) is 13.9. The molecule has 0 spiro atoms. The van der Waals surface area contributed by atoms with Gasteiger partial charge in [-0.05, 0) is 97.2 Å². The second kappa shape index (κ2) is 11.8. The minimum Gasteiger partial charge on any atom is -0.344 e. The maximum Gasteiger partial charge on any atom is 0.159 e. The molecular weight excluding hydrogens is 645 g/mol. The highest BCUT2D eigenvalue weighted by Crippen LogP contribution is 2.40. The lowest BCUT2D eigenvalue weighted by Crippen LogP contribution is -2.33. The lowest BCUT2D eigenvalue weighted by atomic mass is 10.00. The van der Waals surface area contributed by atoms with Crippen molar-refractivity contribution < 1.29 is 0 Å². The number of aromatic nitrogens is 1. The highest BCUT2D eigenvalue weighted by atomic mass is 15.2. The Kier molecular flexibility index (Phi) is 6.58. The SMILES string of the molecule is c1ccc2cc(C3=NC(c4ccc5ccccc5c4)NC(c4ccc(-n5c6ccc7ccccc7c6c6c7ccccc7ccc65)cc4)=N3)ccc2c1. The van der Waals surface area contributed by atoms with Crippen molar-refractivity contribution in [2.45, 2.75) is 6.17 Å². The maximum atomic E-state index is 5.20. The fourth-order valence-electron chi connectivity index (χ4n) is 8.20. The van der Waals surface area contributed by atoms with Crippen LogP contribution in [0.2, 0.25) is 0 Å². The van der Waals surface area contributed by atoms with E-state index in [1.807, 2.05) is 0 Å². The monoisotopic (exact) mass is 676 g/mol. The largest absolute Gasteiger partial charge is 0.344 e. The summed E-state index contributed by atoms with van der Waals surface area (Å²) in [6, 6.07) is 65.2. The second-order valence-electron chi connectivity index (χ2n) is 13.9. The molecule has 1 aromatic heterocycles. The van der Waals surface area contributed by atoms with Gasteiger partial charge in [0.2, 0.25) is 0 Å². The van der Waals surface area contributed by atoms with Crippen molar-refractivity contribution in [3.8, 4) is 5.69 Å². The molecule has 11 rings (SSSR count). The van der Waals surface area contributed by atoms with E-state index in [1.54, 1.807) is 0 Å². The summed E-state index contributed by atoms with van der Waals surface area (Å²) in [5.41, 5.74) is 6.58. The number of nitrogens with zero attached hydrogens (tertiary/aromatic N) is 3. The highest BCUT2D eigenvalue weighted by Gasteiger charge is 2.22. The average Bonchev–Trinajstić information content (AvgIpc) is 3.58. The summed E-state index contributed by atoms with van der Waals surface area (Å²) in [7, 11) is 0. The molecule has 0 saturated carbocycles. The molecule has 2 heterocycles. The van der Waals surface area contributed by atoms with E-state index in [0.717, 1.165) is 28.2 Å². The van der Waals surface area contributed by atoms with Gasteiger partial charge in [0, 0.05) is 27.6 Å². The van der Waals surface area contributed by atoms with E-state index in [0.29, 0.717) is 5.84 Å². The van der Waals surface area contributed by atoms with Crippen LogP contribution in [0.1, 0.15) is 22.9 Å². The third-order valence-electron chi connectivity index (χ3n) is 10.8. The fraction of sp³-hybridized carbons (Fsp3) is 0.0204. The van der Waals surface area contributed by atoms with Crippen LogP contribution in [0.15, 0.2) is 192 Å². The molecule has 0 amide bonds. The molecule has 1 aliphatic rings. The normalized spacial score (nSPS) is 14.6. The number of amidine groups is 2. The van der Waals surface area contributed by atoms with Crippen molar-refractivity contribution in [1.29, 1.82) is 0 Å². The molecule has 0 saturated heterocycles. The standard InChI is InChI=1S/C49H32N4/c1-3-13-36-29-38(19-17-31(36)9-1)48-50-47(51-49(52-48)39-20-18-32-10-2-4-14-37(32)30-39)35-21-25-40(26-22-35)53-43-27-23-33-11-5-7-15-41(33)45(43)46-42-16-8-6-12-34(42)24-28-44(46)53/h1-30,48H,(H,50,51,52). The predicted octanol–water partition coefficient (Wildman–Crippen LogP) is 11.9. The van der Waals surface area contributed by atoms with E-state index in [-0.39, 0.29) is 6.17 Å². The number of hydrogen-bond acceptors (Lipinski definition) is 3. The molecule has 9 aromatic carbocycles. The molecule has 10 aromatic rings. The number of benzene rings is 9. The van der Waals surface area contributed by atoms with Crippen molar-refractivity contribution in [1.82, 2.24) is 9.88 Å². The van der Waals surface area contributed by atoms with E-state index in [4.69, 9.17) is 9.98 Å². The first kappa shape index (κ1) is 29.7. The van der Waals surface area contributed by atoms with Gasteiger partial charge in [0.05, 0.1) is 11.0 Å². The molecule has 1 N–H and O–H groups in total. The van der Waals surface area contributed by atoms with Gasteiger partial charge in [-0.3, -0.25) is 0 Å². The molecule has 53 heavy (non-hydrogen) atoms. The van der Waals surface area contributed by atoms with Crippen molar-refractivity contribution in [3.63, 3.8) is 0 Å². The van der Waals surface area contributed by atoms with Crippen LogP contribution in [0.3, 0.4) is 0 Å². The van der Waals surface area contributed by atoms with Gasteiger partial charge < -0.3 is 9.88 Å². The number of fused-ring (bicyclic) bond motifs is 9. The van der Waals surface area contributed by atoms with Gasteiger partial charge in [0.1, 0.15) is 12.0 Å². The Balaban J connectivity index is 1.05. The summed E-state index contributed by atoms with van der Waals surface area (Å²) in [6.45, 7) is 0. The van der Waals surface area contributed by atoms with Crippen molar-refractivity contribution in [2.24, 2.45) is 9.98 Å². The van der Waals surface area contributed by atoms with Crippen LogP contribution < -0.4 is 5.32 Å². The molecule has 248 valence electrons. The minimum atomic E-state index is -0.299. The van der Waals surface area contributed by atoms with Crippen LogP contribution in [-0.4, -0.2) is 16.2 Å². The van der Waals surface area contributed by atoms with Gasteiger partial charge in [-0.1, -0.05) is 133 Å². The number of rotatable bonds is 4. The lowest BCUT2D eigenvalue weighted by molar-refractivity contribution is 0.675. The van der Waals surface area contributed by atoms with E-state index in [2.05, 4.69) is 192 Å². The quantitative estimate of drug-likeness (QED) is 0.198. The third kappa shape index (κ3) is 4.84. The van der Waals surface area contributed by atoms with Crippen molar-refractivity contribution in [3.05, 3.63) is 199 Å². The summed E-state index contributed by atoms with van der Waals surface area (Å²) >= 11 is 0. The van der Waals surface area contributed by atoms with E-state index in [1.165, 1.54) is 64.9 Å². The van der Waals surface area contributed by atoms with E-state index < -0.39 is 0 Å². The van der Waals surface area contributed by atoms with Gasteiger partial charge >= 0.3 is 0 Å². The van der Waals surface area contributed by atoms with Crippen LogP contribution in [-0.2, 0) is 0 Å². The summed E-state index contributed by atoms with van der Waals surface area (Å²) in [5.74, 6) is 1.51. The minimum absolute atomic E-state index is 0.299. The molecular formula is C49H32N4. The molecule has 4 heteroatoms. The molecule has 0 bridgehead atoms. The number of aliphatic imine (C=N–C) groups is 2. The zero-order chi connectivity index (χ0) is 34.9. The van der Waals surface area contributed by atoms with Crippen LogP contribution in [0.5, 0.6) is 0 Å². The molecule has 1 aliphatic heterocycles. The number of hydrogen-bond donors (Lipinski definition) is 1. The Bertz CT molecular complexity index is 3060. The summed E-state index contributed by atoms with van der Waals surface area (Å²) < 4.78 is 2.41. The van der Waals surface area contributed by atoms with Crippen LogP contribution >= 0.6 is 0 Å². The maximum absolute atomic E-state index is 5.20. The van der Waals surface area contributed by atoms with Gasteiger partial charge in [-0.2, -0.15) is 0 Å². The topological polar surface area (TPSA) is 41.7 Å². The van der Waals surface area contributed by atoms with Gasteiger partial charge in [-0.25, -0.2) is 9.98 Å². The summed E-state index contributed by atoms with van der Waals surface area (Å²) in [5, 5.41) is 16.0. The van der Waals surface area contributed by atoms with E-state index in [9.17, 15) is 0 Å². The van der Waals surface area contributed by atoms with Crippen LogP contribution in [0.25, 0.3) is 70.6 Å². The smallest absolute Gasteiger partial charge is 0.159 e. The lowest BCUT2D eigenvalue weighted by Gasteiger charge is -2.24. The third-order valence-corrected chi connectivity index (χ3v) is 10.8. The highest BCUT2D eigenvalue weighted by molar-refractivity contribution is 6.28. The first-order valence-electron chi connectivity index (χ1n) is 18.1. The van der Waals surface area contributed by atoms with Crippen molar-refractivity contribution in [2.75, 3.05) is 0 Å². The van der Waals surface area contributed by atoms with Gasteiger partial charge in [-0.15, -0.1) is 0 Å². The van der Waals surface area contributed by atoms with Crippen molar-refractivity contribution >= 4 is 76.6 Å². The zero-order valence-corrected chi connectivity index (χ0v) is 28.7. The average molecular weight is 677 g/mol. The predicted molar refractivity (Wildman–Crippen MR) is 223 cm³/mol. The van der Waals surface area contributed by atoms with Gasteiger partial charge in [0.15, 0.2) is 5.84 Å². The van der Waals surface area contributed by atoms with E-state index >= 15 is 0 Å². The van der Waals surface area contributed by atoms with Crippen LogP contribution in [0, 0.1) is 0 Å². The van der Waals surface area contributed by atoms with Crippen LogP contribution in [0.4, 0.5) is 0 Å². The Morgan fingerprint density at radius 2 is 0.943 bits per heavy atom. The molecule has 0 radical (unpaired) electrons. The Hall–Kier alpha value is -7.04. The Morgan fingerprint density at radius 1 is 0.434 bits per heavy atom.